The van der Waals surface area contributed by atoms with Crippen LogP contribution >= 0.6 is 0 Å². The van der Waals surface area contributed by atoms with Crippen LogP contribution in [0.5, 0.6) is 5.75 Å². The van der Waals surface area contributed by atoms with Gasteiger partial charge in [-0.1, -0.05) is 44.1 Å². The third-order valence-electron chi connectivity index (χ3n) is 8.06. The lowest BCUT2D eigenvalue weighted by Crippen LogP contribution is -2.40. The molecule has 5 atom stereocenters. The lowest BCUT2D eigenvalue weighted by Gasteiger charge is -2.46. The normalized spacial score (nSPS) is 31.0. The maximum atomic E-state index is 13.1. The molecule has 5 rings (SSSR count). The molecule has 3 aliphatic rings. The average molecular weight is 450 g/mol. The monoisotopic (exact) mass is 449 g/mol. The van der Waals surface area contributed by atoms with Gasteiger partial charge in [0.25, 0.3) is 0 Å². The van der Waals surface area contributed by atoms with Crippen LogP contribution in [0.4, 0.5) is 0 Å². The third kappa shape index (κ3) is 4.48. The van der Waals surface area contributed by atoms with Crippen molar-refractivity contribution in [1.82, 2.24) is 4.90 Å². The number of hydrogen-bond donors (Lipinski definition) is 0. The van der Waals surface area contributed by atoms with E-state index in [0.717, 1.165) is 24.5 Å². The number of benzene rings is 1. The summed E-state index contributed by atoms with van der Waals surface area (Å²) >= 11 is 0. The van der Waals surface area contributed by atoms with E-state index in [2.05, 4.69) is 37.0 Å². The molecule has 2 aliphatic carbocycles. The maximum Gasteiger partial charge on any atom is 0.311 e. The van der Waals surface area contributed by atoms with Crippen LogP contribution in [0.1, 0.15) is 50.9 Å². The second kappa shape index (κ2) is 9.02. The SMILES string of the molecule is COc1ccc(CN(Cc2ccco2)C[C@@H]2C(=O)O[C@@H]3C[C@@]4(C)CCC[C@H](C)C4=C[C@H]23)cc1. The van der Waals surface area contributed by atoms with Crippen molar-refractivity contribution < 1.29 is 18.7 Å². The van der Waals surface area contributed by atoms with Crippen molar-refractivity contribution >= 4 is 5.97 Å². The fraction of sp³-hybridized carbons (Fsp3) is 0.536. The molecule has 0 amide bonds. The smallest absolute Gasteiger partial charge is 0.311 e. The molecular weight excluding hydrogens is 414 g/mol. The van der Waals surface area contributed by atoms with E-state index in [4.69, 9.17) is 13.9 Å². The Labute approximate surface area is 196 Å². The maximum absolute atomic E-state index is 13.1. The van der Waals surface area contributed by atoms with Crippen LogP contribution < -0.4 is 4.74 Å². The Bertz CT molecular complexity index is 995. The molecule has 0 spiro atoms. The number of fused-ring (bicyclic) bond motifs is 2. The molecule has 1 saturated carbocycles. The van der Waals surface area contributed by atoms with Crippen LogP contribution in [0.2, 0.25) is 0 Å². The lowest BCUT2D eigenvalue weighted by atomic mass is 9.59. The molecule has 1 aromatic carbocycles. The number of nitrogens with zero attached hydrogens (tertiary/aromatic N) is 1. The summed E-state index contributed by atoms with van der Waals surface area (Å²) in [6.07, 6.45) is 8.84. The topological polar surface area (TPSA) is 51.9 Å². The fourth-order valence-corrected chi connectivity index (χ4v) is 6.33. The zero-order valence-electron chi connectivity index (χ0n) is 20.0. The third-order valence-corrected chi connectivity index (χ3v) is 8.06. The van der Waals surface area contributed by atoms with Gasteiger partial charge in [-0.25, -0.2) is 0 Å². The fourth-order valence-electron chi connectivity index (χ4n) is 6.33. The first kappa shape index (κ1) is 22.3. The molecule has 0 N–H and O–H groups in total. The van der Waals surface area contributed by atoms with Crippen molar-refractivity contribution in [3.05, 3.63) is 65.6 Å². The quantitative estimate of drug-likeness (QED) is 0.407. The second-order valence-corrected chi connectivity index (χ2v) is 10.4. The van der Waals surface area contributed by atoms with Crippen LogP contribution in [0.15, 0.2) is 58.7 Å². The van der Waals surface area contributed by atoms with E-state index in [1.54, 1.807) is 18.9 Å². The molecule has 1 aromatic heterocycles. The van der Waals surface area contributed by atoms with Gasteiger partial charge in [0.1, 0.15) is 17.6 Å². The van der Waals surface area contributed by atoms with Gasteiger partial charge in [0.05, 0.1) is 25.8 Å². The van der Waals surface area contributed by atoms with Crippen molar-refractivity contribution in [1.29, 1.82) is 0 Å². The minimum absolute atomic E-state index is 0.00741. The molecule has 2 heterocycles. The lowest BCUT2D eigenvalue weighted by molar-refractivity contribution is -0.145. The van der Waals surface area contributed by atoms with Gasteiger partial charge < -0.3 is 13.9 Å². The number of rotatable bonds is 7. The summed E-state index contributed by atoms with van der Waals surface area (Å²) in [4.78, 5) is 15.4. The van der Waals surface area contributed by atoms with Crippen molar-refractivity contribution in [2.24, 2.45) is 23.2 Å². The highest BCUT2D eigenvalue weighted by atomic mass is 16.6. The summed E-state index contributed by atoms with van der Waals surface area (Å²) in [7, 11) is 1.68. The Balaban J connectivity index is 1.38. The van der Waals surface area contributed by atoms with E-state index in [-0.39, 0.29) is 29.3 Å². The number of carbonyl (C=O) groups excluding carboxylic acids is 1. The molecule has 0 unspecified atom stereocenters. The van der Waals surface area contributed by atoms with Gasteiger partial charge in [-0.3, -0.25) is 9.69 Å². The Morgan fingerprint density at radius 1 is 1.18 bits per heavy atom. The Morgan fingerprint density at radius 2 is 2.00 bits per heavy atom. The summed E-state index contributed by atoms with van der Waals surface area (Å²) in [6.45, 7) is 6.77. The molecule has 5 nitrogen and oxygen atoms in total. The van der Waals surface area contributed by atoms with Crippen molar-refractivity contribution in [3.63, 3.8) is 0 Å². The van der Waals surface area contributed by atoms with E-state index in [9.17, 15) is 4.79 Å². The molecule has 176 valence electrons. The standard InChI is InChI=1S/C28H35NO4/c1-19-6-4-12-28(2)15-26-23(14-25(19)28)24(27(30)33-26)18-29(17-22-7-5-13-32-22)16-20-8-10-21(31-3)11-9-20/h5,7-11,13-14,19,23-24,26H,4,6,12,15-18H2,1-3H3/t19-,23+,24-,26+,28+/m0/s1. The number of furan rings is 1. The number of methoxy groups -OCH3 is 1. The first-order valence-electron chi connectivity index (χ1n) is 12.3. The summed E-state index contributed by atoms with van der Waals surface area (Å²) in [5.74, 6) is 2.32. The summed E-state index contributed by atoms with van der Waals surface area (Å²) in [5, 5.41) is 0. The predicted molar refractivity (Wildman–Crippen MR) is 126 cm³/mol. The van der Waals surface area contributed by atoms with Gasteiger partial charge in [0.15, 0.2) is 0 Å². The summed E-state index contributed by atoms with van der Waals surface area (Å²) in [6, 6.07) is 12.0. The second-order valence-electron chi connectivity index (χ2n) is 10.4. The molecule has 5 heteroatoms. The molecule has 33 heavy (non-hydrogen) atoms. The van der Waals surface area contributed by atoms with Crippen molar-refractivity contribution in [3.8, 4) is 5.75 Å². The van der Waals surface area contributed by atoms with Gasteiger partial charge in [0.2, 0.25) is 0 Å². The highest BCUT2D eigenvalue weighted by Crippen LogP contribution is 2.54. The van der Waals surface area contributed by atoms with E-state index in [1.807, 2.05) is 24.3 Å². The first-order chi connectivity index (χ1) is 15.9. The summed E-state index contributed by atoms with van der Waals surface area (Å²) in [5.41, 5.74) is 2.93. The van der Waals surface area contributed by atoms with Gasteiger partial charge >= 0.3 is 5.97 Å². The number of hydrogen-bond acceptors (Lipinski definition) is 5. The van der Waals surface area contributed by atoms with Gasteiger partial charge in [-0.15, -0.1) is 0 Å². The molecular formula is C28H35NO4. The number of ether oxygens (including phenoxy) is 2. The zero-order valence-corrected chi connectivity index (χ0v) is 20.0. The van der Waals surface area contributed by atoms with Crippen molar-refractivity contribution in [2.45, 2.75) is 58.7 Å². The highest BCUT2D eigenvalue weighted by molar-refractivity contribution is 5.76. The highest BCUT2D eigenvalue weighted by Gasteiger charge is 2.51. The van der Waals surface area contributed by atoms with Crippen LogP contribution in [0.3, 0.4) is 0 Å². The number of allylic oxidation sites excluding steroid dienone is 1. The largest absolute Gasteiger partial charge is 0.497 e. The molecule has 2 aromatic rings. The van der Waals surface area contributed by atoms with E-state index in [1.165, 1.54) is 24.8 Å². The minimum Gasteiger partial charge on any atom is -0.497 e. The molecule has 0 bridgehead atoms. The predicted octanol–water partition coefficient (Wildman–Crippen LogP) is 5.60. The Morgan fingerprint density at radius 3 is 2.73 bits per heavy atom. The van der Waals surface area contributed by atoms with E-state index >= 15 is 0 Å². The average Bonchev–Trinajstić information content (AvgIpc) is 3.40. The van der Waals surface area contributed by atoms with E-state index < -0.39 is 0 Å². The Hall–Kier alpha value is -2.53. The van der Waals surface area contributed by atoms with Crippen LogP contribution in [-0.4, -0.2) is 30.6 Å². The van der Waals surface area contributed by atoms with Crippen LogP contribution in [0.25, 0.3) is 0 Å². The molecule has 1 aliphatic heterocycles. The van der Waals surface area contributed by atoms with E-state index in [0.29, 0.717) is 19.0 Å². The minimum atomic E-state index is -0.144. The van der Waals surface area contributed by atoms with Gasteiger partial charge in [0, 0.05) is 19.0 Å². The first-order valence-corrected chi connectivity index (χ1v) is 12.3. The van der Waals surface area contributed by atoms with Crippen molar-refractivity contribution in [2.75, 3.05) is 13.7 Å². The van der Waals surface area contributed by atoms with Gasteiger partial charge in [-0.05, 0) is 60.4 Å². The molecule has 0 radical (unpaired) electrons. The van der Waals surface area contributed by atoms with Crippen LogP contribution in [0, 0.1) is 23.2 Å². The molecule has 1 saturated heterocycles. The number of carbonyl (C=O) groups is 1. The van der Waals surface area contributed by atoms with Gasteiger partial charge in [-0.2, -0.15) is 0 Å². The number of esters is 1. The summed E-state index contributed by atoms with van der Waals surface area (Å²) < 4.78 is 16.9. The molecule has 2 fully saturated rings. The van der Waals surface area contributed by atoms with Crippen LogP contribution in [-0.2, 0) is 22.6 Å². The zero-order chi connectivity index (χ0) is 23.0. The Kier molecular flexibility index (Phi) is 6.09.